The zero-order valence-corrected chi connectivity index (χ0v) is 21.8. The molecule has 1 aromatic heterocycles. The molecule has 0 unspecified atom stereocenters. The number of piperazine rings is 1. The Labute approximate surface area is 220 Å². The van der Waals surface area contributed by atoms with Crippen molar-refractivity contribution in [3.05, 3.63) is 71.4 Å². The number of benzene rings is 2. The minimum absolute atomic E-state index is 0.174. The summed E-state index contributed by atoms with van der Waals surface area (Å²) >= 11 is 6.09. The molecule has 36 heavy (non-hydrogen) atoms. The number of carbonyl (C=O) groups is 1. The maximum atomic E-state index is 12.1. The van der Waals surface area contributed by atoms with Crippen LogP contribution in [0.15, 0.2) is 60.8 Å². The molecule has 0 saturated carbocycles. The number of nitrogens with one attached hydrogen (secondary N) is 2. The minimum atomic E-state index is 0.174. The quantitative estimate of drug-likeness (QED) is 0.324. The van der Waals surface area contributed by atoms with Gasteiger partial charge in [0.1, 0.15) is 0 Å². The van der Waals surface area contributed by atoms with Crippen LogP contribution >= 0.6 is 11.6 Å². The van der Waals surface area contributed by atoms with Crippen LogP contribution in [0.4, 0.5) is 5.69 Å². The summed E-state index contributed by atoms with van der Waals surface area (Å²) in [6.07, 6.45) is 6.42. The molecule has 0 aliphatic carbocycles. The standard InChI is InChI=1S/C29H38ClN5O/c30-25-11-12-26-27(13-16-32-28(26)23-25)31-14-5-17-34-19-21-35(22-20-34)18-6-15-33-29(36)10-4-9-24-7-2-1-3-8-24/h1-3,7-8,11-13,16,23H,4-6,9-10,14-15,17-22H2,(H,31,32)(H,33,36). The Balaban J connectivity index is 1.03. The number of pyridine rings is 1. The van der Waals surface area contributed by atoms with E-state index >= 15 is 0 Å². The first-order chi connectivity index (χ1) is 17.7. The topological polar surface area (TPSA) is 60.5 Å². The molecule has 3 aromatic rings. The SMILES string of the molecule is O=C(CCCc1ccccc1)NCCCN1CCN(CCCNc2ccnc3cc(Cl)ccc23)CC1. The number of rotatable bonds is 13. The molecule has 0 spiro atoms. The second-order valence-electron chi connectivity index (χ2n) is 9.53. The fourth-order valence-corrected chi connectivity index (χ4v) is 4.92. The number of halogens is 1. The van der Waals surface area contributed by atoms with Gasteiger partial charge in [0.15, 0.2) is 0 Å². The fourth-order valence-electron chi connectivity index (χ4n) is 4.75. The van der Waals surface area contributed by atoms with Crippen LogP contribution in [-0.2, 0) is 11.2 Å². The zero-order chi connectivity index (χ0) is 25.0. The van der Waals surface area contributed by atoms with Crippen LogP contribution in [0.1, 0.15) is 31.2 Å². The lowest BCUT2D eigenvalue weighted by Gasteiger charge is -2.34. The normalized spacial score (nSPS) is 14.7. The molecular weight excluding hydrogens is 470 g/mol. The second-order valence-corrected chi connectivity index (χ2v) is 9.96. The fraction of sp³-hybridized carbons (Fsp3) is 0.448. The Hall–Kier alpha value is -2.67. The van der Waals surface area contributed by atoms with E-state index in [-0.39, 0.29) is 5.91 Å². The first-order valence-electron chi connectivity index (χ1n) is 13.2. The third-order valence-corrected chi connectivity index (χ3v) is 7.06. The van der Waals surface area contributed by atoms with E-state index in [1.807, 2.05) is 36.5 Å². The van der Waals surface area contributed by atoms with Crippen molar-refractivity contribution in [2.45, 2.75) is 32.1 Å². The van der Waals surface area contributed by atoms with E-state index in [1.165, 1.54) is 5.56 Å². The first kappa shape index (κ1) is 26.4. The van der Waals surface area contributed by atoms with Gasteiger partial charge in [-0.15, -0.1) is 0 Å². The van der Waals surface area contributed by atoms with Crippen LogP contribution in [0.5, 0.6) is 0 Å². The Kier molecular flexibility index (Phi) is 10.4. The van der Waals surface area contributed by atoms with E-state index in [9.17, 15) is 4.79 Å². The van der Waals surface area contributed by atoms with Gasteiger partial charge in [0.05, 0.1) is 5.52 Å². The van der Waals surface area contributed by atoms with Crippen molar-refractivity contribution in [2.24, 2.45) is 0 Å². The zero-order valence-electron chi connectivity index (χ0n) is 21.1. The summed E-state index contributed by atoms with van der Waals surface area (Å²) in [5.41, 5.74) is 3.34. The van der Waals surface area contributed by atoms with Gasteiger partial charge in [0.2, 0.25) is 5.91 Å². The van der Waals surface area contributed by atoms with E-state index < -0.39 is 0 Å². The number of aromatic nitrogens is 1. The molecular formula is C29H38ClN5O. The molecule has 2 heterocycles. The number of aryl methyl sites for hydroxylation is 1. The molecule has 1 amide bonds. The van der Waals surface area contributed by atoms with E-state index in [0.29, 0.717) is 11.4 Å². The van der Waals surface area contributed by atoms with Crippen molar-refractivity contribution in [2.75, 3.05) is 57.7 Å². The average molecular weight is 508 g/mol. The van der Waals surface area contributed by atoms with Crippen LogP contribution in [0.3, 0.4) is 0 Å². The van der Waals surface area contributed by atoms with Crippen LogP contribution in [0.25, 0.3) is 10.9 Å². The monoisotopic (exact) mass is 507 g/mol. The van der Waals surface area contributed by atoms with Gasteiger partial charge in [-0.2, -0.15) is 0 Å². The molecule has 1 aliphatic heterocycles. The molecule has 1 aliphatic rings. The smallest absolute Gasteiger partial charge is 0.220 e. The highest BCUT2D eigenvalue weighted by molar-refractivity contribution is 6.31. The number of amides is 1. The summed E-state index contributed by atoms with van der Waals surface area (Å²) in [5, 5.41) is 8.47. The third kappa shape index (κ3) is 8.47. The van der Waals surface area contributed by atoms with Crippen LogP contribution in [-0.4, -0.2) is 73.0 Å². The number of hydrogen-bond acceptors (Lipinski definition) is 5. The molecule has 6 nitrogen and oxygen atoms in total. The van der Waals surface area contributed by atoms with E-state index in [4.69, 9.17) is 11.6 Å². The number of hydrogen-bond donors (Lipinski definition) is 2. The van der Waals surface area contributed by atoms with Crippen LogP contribution < -0.4 is 10.6 Å². The minimum Gasteiger partial charge on any atom is -0.384 e. The lowest BCUT2D eigenvalue weighted by Crippen LogP contribution is -2.47. The first-order valence-corrected chi connectivity index (χ1v) is 13.6. The molecule has 2 aromatic carbocycles. The molecule has 0 radical (unpaired) electrons. The maximum Gasteiger partial charge on any atom is 0.220 e. The van der Waals surface area contributed by atoms with Crippen molar-refractivity contribution in [1.82, 2.24) is 20.1 Å². The van der Waals surface area contributed by atoms with Gasteiger partial charge in [-0.1, -0.05) is 41.9 Å². The summed E-state index contributed by atoms with van der Waals surface area (Å²) in [6, 6.07) is 18.2. The van der Waals surface area contributed by atoms with Gasteiger partial charge in [-0.3, -0.25) is 9.78 Å². The third-order valence-electron chi connectivity index (χ3n) is 6.82. The van der Waals surface area contributed by atoms with Crippen molar-refractivity contribution < 1.29 is 4.79 Å². The number of fused-ring (bicyclic) bond motifs is 1. The highest BCUT2D eigenvalue weighted by Gasteiger charge is 2.16. The van der Waals surface area contributed by atoms with Crippen LogP contribution in [0, 0.1) is 0 Å². The summed E-state index contributed by atoms with van der Waals surface area (Å²) < 4.78 is 0. The van der Waals surface area contributed by atoms with Crippen molar-refractivity contribution in [3.63, 3.8) is 0 Å². The number of anilines is 1. The van der Waals surface area contributed by atoms with E-state index in [1.54, 1.807) is 0 Å². The molecule has 192 valence electrons. The predicted molar refractivity (Wildman–Crippen MR) is 150 cm³/mol. The van der Waals surface area contributed by atoms with Gasteiger partial charge in [0, 0.05) is 68.0 Å². The Morgan fingerprint density at radius 1 is 0.889 bits per heavy atom. The highest BCUT2D eigenvalue weighted by Crippen LogP contribution is 2.24. The largest absolute Gasteiger partial charge is 0.384 e. The van der Waals surface area contributed by atoms with Crippen molar-refractivity contribution in [3.8, 4) is 0 Å². The van der Waals surface area contributed by atoms with Gasteiger partial charge < -0.3 is 20.4 Å². The highest BCUT2D eigenvalue weighted by atomic mass is 35.5. The lowest BCUT2D eigenvalue weighted by molar-refractivity contribution is -0.121. The molecule has 0 bridgehead atoms. The molecule has 2 N–H and O–H groups in total. The molecule has 0 atom stereocenters. The van der Waals surface area contributed by atoms with Crippen molar-refractivity contribution in [1.29, 1.82) is 0 Å². The van der Waals surface area contributed by atoms with Gasteiger partial charge in [0.25, 0.3) is 0 Å². The average Bonchev–Trinajstić information content (AvgIpc) is 2.90. The molecule has 1 fully saturated rings. The van der Waals surface area contributed by atoms with Gasteiger partial charge in [-0.25, -0.2) is 0 Å². The maximum absolute atomic E-state index is 12.1. The van der Waals surface area contributed by atoms with E-state index in [2.05, 4.69) is 49.7 Å². The molecule has 4 rings (SSSR count). The summed E-state index contributed by atoms with van der Waals surface area (Å²) in [7, 11) is 0. The van der Waals surface area contributed by atoms with Crippen molar-refractivity contribution >= 4 is 34.1 Å². The number of carbonyl (C=O) groups excluding carboxylic acids is 1. The summed E-state index contributed by atoms with van der Waals surface area (Å²) in [5.74, 6) is 0.174. The molecule has 7 heteroatoms. The summed E-state index contributed by atoms with van der Waals surface area (Å²) in [4.78, 5) is 21.6. The second kappa shape index (κ2) is 14.2. The Bertz CT molecular complexity index is 1090. The van der Waals surface area contributed by atoms with Crippen LogP contribution in [0.2, 0.25) is 5.02 Å². The lowest BCUT2D eigenvalue weighted by atomic mass is 10.1. The molecule has 1 saturated heterocycles. The van der Waals surface area contributed by atoms with Gasteiger partial charge >= 0.3 is 0 Å². The predicted octanol–water partition coefficient (Wildman–Crippen LogP) is 4.84. The Morgan fingerprint density at radius 3 is 2.36 bits per heavy atom. The Morgan fingerprint density at radius 2 is 1.61 bits per heavy atom. The number of nitrogens with zero attached hydrogens (tertiary/aromatic N) is 3. The van der Waals surface area contributed by atoms with Gasteiger partial charge in [-0.05, 0) is 68.6 Å². The van der Waals surface area contributed by atoms with E-state index in [0.717, 1.165) is 94.6 Å². The summed E-state index contributed by atoms with van der Waals surface area (Å²) in [6.45, 7) is 8.31.